The standard InChI is InChI=1S/C23H20N2O5/c1-28-18-12-10-17(11-13-18)24-22(26)15-6-8-16(9-7-15)25-23(27)21-14-29-19-4-2-3-5-20(19)30-21/h2-13,21H,14H2,1H3,(H,24,26)(H,25,27)/t21-/m0/s1. The Hall–Kier alpha value is -4.00. The largest absolute Gasteiger partial charge is 0.497 e. The normalized spacial score (nSPS) is 14.5. The number of carbonyl (C=O) groups is 2. The van der Waals surface area contributed by atoms with Gasteiger partial charge in [0.15, 0.2) is 11.5 Å². The topological polar surface area (TPSA) is 85.9 Å². The summed E-state index contributed by atoms with van der Waals surface area (Å²) in [6.45, 7) is 0.130. The molecule has 152 valence electrons. The maximum atomic E-state index is 12.5. The summed E-state index contributed by atoms with van der Waals surface area (Å²) in [5.41, 5.74) is 1.69. The van der Waals surface area contributed by atoms with E-state index in [1.54, 1.807) is 67.8 Å². The third-order valence-corrected chi connectivity index (χ3v) is 4.56. The van der Waals surface area contributed by atoms with E-state index in [0.29, 0.717) is 34.2 Å². The van der Waals surface area contributed by atoms with Crippen LogP contribution in [0.25, 0.3) is 0 Å². The van der Waals surface area contributed by atoms with Gasteiger partial charge in [0.1, 0.15) is 12.4 Å². The zero-order chi connectivity index (χ0) is 20.9. The first-order valence-corrected chi connectivity index (χ1v) is 9.37. The monoisotopic (exact) mass is 404 g/mol. The molecule has 0 saturated heterocycles. The van der Waals surface area contributed by atoms with Crippen molar-refractivity contribution in [3.63, 3.8) is 0 Å². The Labute approximate surface area is 173 Å². The second-order valence-electron chi connectivity index (χ2n) is 6.61. The summed E-state index contributed by atoms with van der Waals surface area (Å²) in [5, 5.41) is 5.59. The van der Waals surface area contributed by atoms with Gasteiger partial charge < -0.3 is 24.8 Å². The number of anilines is 2. The number of para-hydroxylation sites is 2. The van der Waals surface area contributed by atoms with Gasteiger partial charge in [-0.2, -0.15) is 0 Å². The van der Waals surface area contributed by atoms with E-state index in [2.05, 4.69) is 10.6 Å². The van der Waals surface area contributed by atoms with Gasteiger partial charge in [-0.1, -0.05) is 12.1 Å². The van der Waals surface area contributed by atoms with Crippen molar-refractivity contribution in [1.82, 2.24) is 0 Å². The third-order valence-electron chi connectivity index (χ3n) is 4.56. The number of fused-ring (bicyclic) bond motifs is 1. The van der Waals surface area contributed by atoms with Crippen LogP contribution in [-0.2, 0) is 4.79 Å². The smallest absolute Gasteiger partial charge is 0.269 e. The van der Waals surface area contributed by atoms with Crippen LogP contribution in [0.2, 0.25) is 0 Å². The second kappa shape index (κ2) is 8.57. The summed E-state index contributed by atoms with van der Waals surface area (Å²) in [5.74, 6) is 1.30. The van der Waals surface area contributed by atoms with Crippen molar-refractivity contribution in [1.29, 1.82) is 0 Å². The fraction of sp³-hybridized carbons (Fsp3) is 0.130. The molecule has 30 heavy (non-hydrogen) atoms. The fourth-order valence-electron chi connectivity index (χ4n) is 2.95. The summed E-state index contributed by atoms with van der Waals surface area (Å²) in [6.07, 6.45) is -0.752. The molecule has 1 aliphatic heterocycles. The summed E-state index contributed by atoms with van der Waals surface area (Å²) in [7, 11) is 1.58. The van der Waals surface area contributed by atoms with Crippen LogP contribution < -0.4 is 24.8 Å². The van der Waals surface area contributed by atoms with E-state index >= 15 is 0 Å². The Morgan fingerprint density at radius 2 is 1.50 bits per heavy atom. The van der Waals surface area contributed by atoms with Gasteiger partial charge in [0, 0.05) is 16.9 Å². The molecule has 3 aromatic carbocycles. The quantitative estimate of drug-likeness (QED) is 0.677. The van der Waals surface area contributed by atoms with E-state index in [0.717, 1.165) is 0 Å². The van der Waals surface area contributed by atoms with Crippen LogP contribution in [0.3, 0.4) is 0 Å². The van der Waals surface area contributed by atoms with Crippen molar-refractivity contribution in [2.24, 2.45) is 0 Å². The van der Waals surface area contributed by atoms with Gasteiger partial charge in [0.2, 0.25) is 6.10 Å². The number of nitrogens with one attached hydrogen (secondary N) is 2. The molecule has 2 N–H and O–H groups in total. The van der Waals surface area contributed by atoms with Crippen LogP contribution >= 0.6 is 0 Å². The van der Waals surface area contributed by atoms with Crippen LogP contribution in [0.15, 0.2) is 72.8 Å². The molecule has 7 nitrogen and oxygen atoms in total. The Balaban J connectivity index is 1.35. The third kappa shape index (κ3) is 4.35. The first-order valence-electron chi connectivity index (χ1n) is 9.37. The molecule has 0 bridgehead atoms. The maximum Gasteiger partial charge on any atom is 0.269 e. The van der Waals surface area contributed by atoms with Gasteiger partial charge >= 0.3 is 0 Å². The number of ether oxygens (including phenoxy) is 3. The molecule has 4 rings (SSSR count). The molecule has 1 atom stereocenters. The lowest BCUT2D eigenvalue weighted by Crippen LogP contribution is -2.40. The van der Waals surface area contributed by atoms with Gasteiger partial charge in [0.05, 0.1) is 7.11 Å². The van der Waals surface area contributed by atoms with Gasteiger partial charge in [-0.05, 0) is 60.7 Å². The van der Waals surface area contributed by atoms with E-state index in [1.165, 1.54) is 0 Å². The first kappa shape index (κ1) is 19.3. The van der Waals surface area contributed by atoms with Crippen molar-refractivity contribution >= 4 is 23.2 Å². The van der Waals surface area contributed by atoms with E-state index in [-0.39, 0.29) is 18.4 Å². The molecule has 0 aromatic heterocycles. The molecule has 0 saturated carbocycles. The van der Waals surface area contributed by atoms with Crippen molar-refractivity contribution in [3.8, 4) is 17.2 Å². The average Bonchev–Trinajstić information content (AvgIpc) is 2.79. The minimum atomic E-state index is -0.752. The Morgan fingerprint density at radius 3 is 2.20 bits per heavy atom. The van der Waals surface area contributed by atoms with E-state index in [4.69, 9.17) is 14.2 Å². The van der Waals surface area contributed by atoms with Crippen molar-refractivity contribution in [2.75, 3.05) is 24.4 Å². The Kier molecular flexibility index (Phi) is 5.52. The number of hydrogen-bond acceptors (Lipinski definition) is 5. The number of carbonyl (C=O) groups excluding carboxylic acids is 2. The van der Waals surface area contributed by atoms with Crippen LogP contribution in [0, 0.1) is 0 Å². The van der Waals surface area contributed by atoms with E-state index < -0.39 is 6.10 Å². The first-order chi connectivity index (χ1) is 14.6. The van der Waals surface area contributed by atoms with Crippen molar-refractivity contribution in [2.45, 2.75) is 6.10 Å². The number of benzene rings is 3. The highest BCUT2D eigenvalue weighted by atomic mass is 16.6. The lowest BCUT2D eigenvalue weighted by Gasteiger charge is -2.25. The van der Waals surface area contributed by atoms with Crippen molar-refractivity contribution in [3.05, 3.63) is 78.4 Å². The molecule has 3 aromatic rings. The van der Waals surface area contributed by atoms with Crippen LogP contribution in [-0.4, -0.2) is 31.6 Å². The fourth-order valence-corrected chi connectivity index (χ4v) is 2.95. The molecule has 0 aliphatic carbocycles. The molecular formula is C23H20N2O5. The SMILES string of the molecule is COc1ccc(NC(=O)c2ccc(NC(=O)[C@@H]3COc4ccccc4O3)cc2)cc1. The molecule has 0 fully saturated rings. The molecule has 1 heterocycles. The zero-order valence-electron chi connectivity index (χ0n) is 16.3. The van der Waals surface area contributed by atoms with Gasteiger partial charge in [0.25, 0.3) is 11.8 Å². The highest BCUT2D eigenvalue weighted by molar-refractivity contribution is 6.04. The van der Waals surface area contributed by atoms with Gasteiger partial charge in [-0.15, -0.1) is 0 Å². The van der Waals surface area contributed by atoms with Gasteiger partial charge in [-0.25, -0.2) is 0 Å². The predicted octanol–water partition coefficient (Wildman–Crippen LogP) is 3.73. The number of rotatable bonds is 5. The number of methoxy groups -OCH3 is 1. The highest BCUT2D eigenvalue weighted by Gasteiger charge is 2.27. The minimum absolute atomic E-state index is 0.130. The lowest BCUT2D eigenvalue weighted by atomic mass is 10.1. The second-order valence-corrected chi connectivity index (χ2v) is 6.61. The van der Waals surface area contributed by atoms with E-state index in [1.807, 2.05) is 12.1 Å². The minimum Gasteiger partial charge on any atom is -0.497 e. The summed E-state index contributed by atoms with van der Waals surface area (Å²) in [4.78, 5) is 24.9. The van der Waals surface area contributed by atoms with Crippen LogP contribution in [0.1, 0.15) is 10.4 Å². The number of hydrogen-bond donors (Lipinski definition) is 2. The molecule has 1 aliphatic rings. The lowest BCUT2D eigenvalue weighted by molar-refractivity contribution is -0.125. The molecule has 2 amide bonds. The van der Waals surface area contributed by atoms with E-state index in [9.17, 15) is 9.59 Å². The predicted molar refractivity (Wildman–Crippen MR) is 112 cm³/mol. The van der Waals surface area contributed by atoms with Crippen molar-refractivity contribution < 1.29 is 23.8 Å². The van der Waals surface area contributed by atoms with Gasteiger partial charge in [-0.3, -0.25) is 9.59 Å². The van der Waals surface area contributed by atoms with Crippen LogP contribution in [0.5, 0.6) is 17.2 Å². The summed E-state index contributed by atoms with van der Waals surface area (Å²) < 4.78 is 16.4. The maximum absolute atomic E-state index is 12.5. The zero-order valence-corrected chi connectivity index (χ0v) is 16.3. The molecular weight excluding hydrogens is 384 g/mol. The molecule has 0 spiro atoms. The Morgan fingerprint density at radius 1 is 0.867 bits per heavy atom. The number of amides is 2. The molecule has 0 unspecified atom stereocenters. The molecule has 7 heteroatoms. The summed E-state index contributed by atoms with van der Waals surface area (Å²) >= 11 is 0. The highest BCUT2D eigenvalue weighted by Crippen LogP contribution is 2.31. The van der Waals surface area contributed by atoms with Crippen LogP contribution in [0.4, 0.5) is 11.4 Å². The molecule has 0 radical (unpaired) electrons. The Bertz CT molecular complexity index is 1050. The summed E-state index contributed by atoms with van der Waals surface area (Å²) in [6, 6.07) is 20.9. The average molecular weight is 404 g/mol.